The average Bonchev–Trinajstić information content (AvgIpc) is 2.71. The summed E-state index contributed by atoms with van der Waals surface area (Å²) in [5.41, 5.74) is 1.33. The number of nitrogens with zero attached hydrogens (tertiary/aromatic N) is 3. The summed E-state index contributed by atoms with van der Waals surface area (Å²) in [6.45, 7) is 2.78. The molecule has 0 aliphatic carbocycles. The van der Waals surface area contributed by atoms with Gasteiger partial charge in [-0.2, -0.15) is 4.39 Å². The van der Waals surface area contributed by atoms with E-state index < -0.39 is 11.6 Å². The van der Waals surface area contributed by atoms with Crippen molar-refractivity contribution in [2.24, 2.45) is 0 Å². The predicted octanol–water partition coefficient (Wildman–Crippen LogP) is 3.03. The maximum atomic E-state index is 14.0. The maximum Gasteiger partial charge on any atom is 0.321 e. The van der Waals surface area contributed by atoms with Crippen molar-refractivity contribution < 1.29 is 18.3 Å². The molecule has 2 aromatic rings. The summed E-state index contributed by atoms with van der Waals surface area (Å²) in [5, 5.41) is 2.83. The lowest BCUT2D eigenvalue weighted by Crippen LogP contribution is -2.51. The molecule has 1 N–H and O–H groups in total. The van der Waals surface area contributed by atoms with Gasteiger partial charge in [0.1, 0.15) is 0 Å². The zero-order valence-corrected chi connectivity index (χ0v) is 14.7. The number of halogens is 2. The highest BCUT2D eigenvalue weighted by Crippen LogP contribution is 2.38. The highest BCUT2D eigenvalue weighted by molar-refractivity contribution is 5.89. The fraction of sp³-hybridized carbons (Fsp3) is 0.368. The van der Waals surface area contributed by atoms with Crippen molar-refractivity contribution in [2.75, 3.05) is 38.1 Å². The van der Waals surface area contributed by atoms with Crippen LogP contribution in [0.1, 0.15) is 18.0 Å². The van der Waals surface area contributed by atoms with Crippen LogP contribution in [0.3, 0.4) is 0 Å². The molecule has 1 aromatic heterocycles. The molecule has 1 saturated heterocycles. The zero-order valence-electron chi connectivity index (χ0n) is 14.7. The number of piperazine rings is 1. The number of urea groups is 1. The lowest BCUT2D eigenvalue weighted by Gasteiger charge is -2.41. The van der Waals surface area contributed by atoms with Crippen molar-refractivity contribution in [1.82, 2.24) is 14.8 Å². The number of anilines is 1. The Morgan fingerprint density at radius 3 is 2.74 bits per heavy atom. The van der Waals surface area contributed by atoms with Crippen LogP contribution in [0.25, 0.3) is 0 Å². The van der Waals surface area contributed by atoms with E-state index in [-0.39, 0.29) is 17.8 Å². The lowest BCUT2D eigenvalue weighted by atomic mass is 9.97. The normalized spacial score (nSPS) is 19.9. The molecule has 0 saturated carbocycles. The third-order valence-electron chi connectivity index (χ3n) is 5.03. The van der Waals surface area contributed by atoms with Gasteiger partial charge in [0.25, 0.3) is 0 Å². The van der Waals surface area contributed by atoms with E-state index in [2.05, 4.69) is 15.2 Å². The van der Waals surface area contributed by atoms with Gasteiger partial charge in [-0.05, 0) is 18.2 Å². The van der Waals surface area contributed by atoms with Crippen molar-refractivity contribution >= 4 is 11.7 Å². The van der Waals surface area contributed by atoms with Gasteiger partial charge < -0.3 is 15.0 Å². The summed E-state index contributed by atoms with van der Waals surface area (Å²) in [6.07, 6.45) is 3.95. The van der Waals surface area contributed by atoms with Gasteiger partial charge in [-0.15, -0.1) is 0 Å². The molecule has 0 bridgehead atoms. The molecule has 2 amide bonds. The fourth-order valence-corrected chi connectivity index (χ4v) is 3.64. The average molecular weight is 374 g/mol. The first-order chi connectivity index (χ1) is 13.1. The first kappa shape index (κ1) is 17.7. The monoisotopic (exact) mass is 374 g/mol. The molecule has 1 unspecified atom stereocenters. The molecule has 6 nitrogen and oxygen atoms in total. The van der Waals surface area contributed by atoms with Gasteiger partial charge in [0, 0.05) is 50.4 Å². The summed E-state index contributed by atoms with van der Waals surface area (Å²) < 4.78 is 32.8. The minimum atomic E-state index is -0.924. The molecule has 2 aliphatic rings. The van der Waals surface area contributed by atoms with Crippen LogP contribution in [-0.2, 0) is 0 Å². The summed E-state index contributed by atoms with van der Waals surface area (Å²) >= 11 is 0. The molecule has 2 aliphatic heterocycles. The van der Waals surface area contributed by atoms with E-state index in [4.69, 9.17) is 4.74 Å². The van der Waals surface area contributed by atoms with E-state index in [0.29, 0.717) is 50.5 Å². The zero-order chi connectivity index (χ0) is 18.8. The van der Waals surface area contributed by atoms with E-state index in [1.807, 2.05) is 0 Å². The number of amides is 2. The van der Waals surface area contributed by atoms with Gasteiger partial charge in [-0.25, -0.2) is 9.18 Å². The second-order valence-corrected chi connectivity index (χ2v) is 6.63. The summed E-state index contributed by atoms with van der Waals surface area (Å²) in [7, 11) is 0. The molecule has 1 fully saturated rings. The molecular weight excluding hydrogens is 354 g/mol. The van der Waals surface area contributed by atoms with Gasteiger partial charge in [-0.1, -0.05) is 6.07 Å². The number of hydrogen-bond acceptors (Lipinski definition) is 4. The number of rotatable bonds is 2. The van der Waals surface area contributed by atoms with Crippen molar-refractivity contribution in [2.45, 2.75) is 12.5 Å². The van der Waals surface area contributed by atoms with Gasteiger partial charge in [0.2, 0.25) is 5.82 Å². The number of ether oxygens (including phenoxy) is 1. The van der Waals surface area contributed by atoms with Gasteiger partial charge in [0.15, 0.2) is 11.6 Å². The number of nitrogens with one attached hydrogen (secondary N) is 1. The van der Waals surface area contributed by atoms with Crippen LogP contribution in [0.2, 0.25) is 0 Å². The summed E-state index contributed by atoms with van der Waals surface area (Å²) in [5.74, 6) is -1.80. The Balaban J connectivity index is 1.40. The van der Waals surface area contributed by atoms with E-state index in [0.717, 1.165) is 6.07 Å². The molecule has 3 heterocycles. The van der Waals surface area contributed by atoms with Crippen LogP contribution in [-0.4, -0.2) is 53.6 Å². The van der Waals surface area contributed by atoms with Gasteiger partial charge >= 0.3 is 6.03 Å². The van der Waals surface area contributed by atoms with Crippen LogP contribution >= 0.6 is 0 Å². The molecule has 142 valence electrons. The number of aromatic nitrogens is 1. The molecule has 1 aromatic carbocycles. The molecule has 4 rings (SSSR count). The highest BCUT2D eigenvalue weighted by Gasteiger charge is 2.32. The number of carbonyl (C=O) groups is 1. The van der Waals surface area contributed by atoms with Crippen LogP contribution in [0.4, 0.5) is 19.3 Å². The van der Waals surface area contributed by atoms with Crippen molar-refractivity contribution in [3.8, 4) is 5.75 Å². The Hall–Kier alpha value is -2.74. The van der Waals surface area contributed by atoms with Crippen molar-refractivity contribution in [3.05, 3.63) is 53.9 Å². The first-order valence-corrected chi connectivity index (χ1v) is 8.94. The van der Waals surface area contributed by atoms with Crippen molar-refractivity contribution in [3.63, 3.8) is 0 Å². The molecular formula is C19H20F2N4O2. The van der Waals surface area contributed by atoms with Gasteiger partial charge in [-0.3, -0.25) is 9.88 Å². The van der Waals surface area contributed by atoms with Crippen molar-refractivity contribution in [1.29, 1.82) is 0 Å². The van der Waals surface area contributed by atoms with Crippen LogP contribution in [0.15, 0.2) is 36.7 Å². The molecule has 8 heteroatoms. The summed E-state index contributed by atoms with van der Waals surface area (Å²) in [6, 6.07) is 6.09. The van der Waals surface area contributed by atoms with E-state index >= 15 is 0 Å². The van der Waals surface area contributed by atoms with E-state index in [1.165, 1.54) is 0 Å². The SMILES string of the molecule is O=C(Nc1cccnc1)N1CCN(C2CCOc3c2ccc(F)c3F)CC1. The number of carbonyl (C=O) groups excluding carboxylic acids is 1. The number of pyridine rings is 1. The lowest BCUT2D eigenvalue weighted by molar-refractivity contribution is 0.0868. The Morgan fingerprint density at radius 2 is 2.00 bits per heavy atom. The number of benzene rings is 1. The first-order valence-electron chi connectivity index (χ1n) is 8.94. The molecule has 0 radical (unpaired) electrons. The van der Waals surface area contributed by atoms with E-state index in [1.54, 1.807) is 35.5 Å². The predicted molar refractivity (Wildman–Crippen MR) is 95.6 cm³/mol. The molecule has 0 spiro atoms. The fourth-order valence-electron chi connectivity index (χ4n) is 3.64. The Kier molecular flexibility index (Phi) is 4.89. The highest BCUT2D eigenvalue weighted by atomic mass is 19.2. The third-order valence-corrected chi connectivity index (χ3v) is 5.03. The largest absolute Gasteiger partial charge is 0.490 e. The van der Waals surface area contributed by atoms with E-state index in [9.17, 15) is 13.6 Å². The topological polar surface area (TPSA) is 57.7 Å². The second kappa shape index (κ2) is 7.48. The smallest absolute Gasteiger partial charge is 0.321 e. The quantitative estimate of drug-likeness (QED) is 0.878. The maximum absolute atomic E-state index is 14.0. The second-order valence-electron chi connectivity index (χ2n) is 6.63. The Labute approximate surface area is 155 Å². The Morgan fingerprint density at radius 1 is 1.19 bits per heavy atom. The minimum Gasteiger partial charge on any atom is -0.490 e. The Bertz CT molecular complexity index is 826. The van der Waals surface area contributed by atoms with Crippen LogP contribution in [0, 0.1) is 11.6 Å². The number of fused-ring (bicyclic) bond motifs is 1. The van der Waals surface area contributed by atoms with Crippen LogP contribution in [0.5, 0.6) is 5.75 Å². The van der Waals surface area contributed by atoms with Crippen LogP contribution < -0.4 is 10.1 Å². The standard InChI is InChI=1S/C19H20F2N4O2/c20-15-4-3-14-16(5-11-27-18(14)17(15)21)24-7-9-25(10-8-24)19(26)23-13-2-1-6-22-12-13/h1-4,6,12,16H,5,7-11H2,(H,23,26). The summed E-state index contributed by atoms with van der Waals surface area (Å²) in [4.78, 5) is 20.3. The van der Waals surface area contributed by atoms with Gasteiger partial charge in [0.05, 0.1) is 18.5 Å². The third kappa shape index (κ3) is 3.57. The minimum absolute atomic E-state index is 0.0167. The number of hydrogen-bond donors (Lipinski definition) is 1. The molecule has 27 heavy (non-hydrogen) atoms. The molecule has 1 atom stereocenters.